The number of halogens is 1. The van der Waals surface area contributed by atoms with Gasteiger partial charge in [-0.3, -0.25) is 9.48 Å². The summed E-state index contributed by atoms with van der Waals surface area (Å²) in [5.41, 5.74) is 1.60. The Balaban J connectivity index is 1.75. The summed E-state index contributed by atoms with van der Waals surface area (Å²) in [6.45, 7) is 0.447. The molecule has 0 saturated carbocycles. The smallest absolute Gasteiger partial charge is 0.252 e. The van der Waals surface area contributed by atoms with E-state index in [0.29, 0.717) is 17.1 Å². The van der Waals surface area contributed by atoms with Crippen molar-refractivity contribution in [3.05, 3.63) is 75.7 Å². The molecule has 0 saturated heterocycles. The van der Waals surface area contributed by atoms with Gasteiger partial charge in [0, 0.05) is 18.9 Å². The van der Waals surface area contributed by atoms with Crippen molar-refractivity contribution in [1.29, 1.82) is 0 Å². The molecule has 3 aromatic rings. The zero-order chi connectivity index (χ0) is 15.4. The second-order valence-electron chi connectivity index (χ2n) is 4.75. The van der Waals surface area contributed by atoms with Gasteiger partial charge in [-0.2, -0.15) is 16.4 Å². The molecule has 22 heavy (non-hydrogen) atoms. The molecule has 0 bridgehead atoms. The molecule has 1 atom stereocenters. The lowest BCUT2D eigenvalue weighted by atomic mass is 10.1. The molecule has 0 spiro atoms. The second kappa shape index (κ2) is 6.77. The number of amides is 1. The van der Waals surface area contributed by atoms with Crippen LogP contribution < -0.4 is 5.32 Å². The van der Waals surface area contributed by atoms with Gasteiger partial charge in [0.05, 0.1) is 16.6 Å². The molecule has 2 heterocycles. The lowest BCUT2D eigenvalue weighted by molar-refractivity contribution is 0.0949. The standard InChI is InChI=1S/C16H14ClN3OS/c17-14-5-2-1-4-13(14)16(21)18-10-15(12-6-9-22-11-12)20-8-3-7-19-20/h1-9,11,15H,10H2,(H,18,21). The Bertz CT molecular complexity index is 706. The second-order valence-corrected chi connectivity index (χ2v) is 5.94. The summed E-state index contributed by atoms with van der Waals surface area (Å²) in [5, 5.41) is 11.8. The summed E-state index contributed by atoms with van der Waals surface area (Å²) in [6.07, 6.45) is 3.62. The number of carbonyl (C=O) groups is 1. The van der Waals surface area contributed by atoms with Gasteiger partial charge in [0.15, 0.2) is 0 Å². The van der Waals surface area contributed by atoms with E-state index < -0.39 is 0 Å². The van der Waals surface area contributed by atoms with Gasteiger partial charge in [-0.25, -0.2) is 0 Å². The summed E-state index contributed by atoms with van der Waals surface area (Å²) in [4.78, 5) is 12.3. The lowest BCUT2D eigenvalue weighted by Crippen LogP contribution is -2.31. The molecule has 1 aromatic carbocycles. The van der Waals surface area contributed by atoms with Crippen LogP contribution >= 0.6 is 22.9 Å². The van der Waals surface area contributed by atoms with E-state index in [1.54, 1.807) is 41.8 Å². The Kier molecular flexibility index (Phi) is 4.56. The third-order valence-corrected chi connectivity index (χ3v) is 4.38. The molecule has 3 rings (SSSR count). The zero-order valence-corrected chi connectivity index (χ0v) is 13.2. The predicted octanol–water partition coefficient (Wildman–Crippen LogP) is 3.62. The maximum atomic E-state index is 12.3. The Hall–Kier alpha value is -2.11. The molecular weight excluding hydrogens is 318 g/mol. The van der Waals surface area contributed by atoms with Gasteiger partial charge in [0.1, 0.15) is 0 Å². The maximum absolute atomic E-state index is 12.3. The largest absolute Gasteiger partial charge is 0.349 e. The van der Waals surface area contributed by atoms with E-state index >= 15 is 0 Å². The van der Waals surface area contributed by atoms with Crippen molar-refractivity contribution in [3.63, 3.8) is 0 Å². The highest BCUT2D eigenvalue weighted by Crippen LogP contribution is 2.20. The van der Waals surface area contributed by atoms with Crippen LogP contribution in [0.25, 0.3) is 0 Å². The highest BCUT2D eigenvalue weighted by Gasteiger charge is 2.17. The van der Waals surface area contributed by atoms with Gasteiger partial charge in [-0.15, -0.1) is 0 Å². The van der Waals surface area contributed by atoms with Crippen molar-refractivity contribution < 1.29 is 4.79 Å². The molecule has 1 N–H and O–H groups in total. The van der Waals surface area contributed by atoms with E-state index in [0.717, 1.165) is 5.56 Å². The van der Waals surface area contributed by atoms with Crippen molar-refractivity contribution in [2.45, 2.75) is 6.04 Å². The molecule has 0 fully saturated rings. The van der Waals surface area contributed by atoms with Crippen LogP contribution in [0, 0.1) is 0 Å². The topological polar surface area (TPSA) is 46.9 Å². The van der Waals surface area contributed by atoms with Crippen molar-refractivity contribution in [2.24, 2.45) is 0 Å². The van der Waals surface area contributed by atoms with Gasteiger partial charge < -0.3 is 5.32 Å². The Morgan fingerprint density at radius 3 is 2.86 bits per heavy atom. The number of hydrogen-bond acceptors (Lipinski definition) is 3. The number of nitrogens with zero attached hydrogens (tertiary/aromatic N) is 2. The first kappa shape index (κ1) is 14.8. The molecule has 0 radical (unpaired) electrons. The fourth-order valence-corrected chi connectivity index (χ4v) is 3.15. The van der Waals surface area contributed by atoms with Gasteiger partial charge in [0.25, 0.3) is 5.91 Å². The molecule has 6 heteroatoms. The van der Waals surface area contributed by atoms with E-state index in [2.05, 4.69) is 15.8 Å². The Morgan fingerprint density at radius 1 is 1.32 bits per heavy atom. The number of thiophene rings is 1. The zero-order valence-electron chi connectivity index (χ0n) is 11.6. The molecule has 0 aliphatic heterocycles. The van der Waals surface area contributed by atoms with Crippen LogP contribution in [0.3, 0.4) is 0 Å². The third-order valence-electron chi connectivity index (χ3n) is 3.35. The fraction of sp³-hybridized carbons (Fsp3) is 0.125. The predicted molar refractivity (Wildman–Crippen MR) is 88.5 cm³/mol. The maximum Gasteiger partial charge on any atom is 0.252 e. The van der Waals surface area contributed by atoms with E-state index in [9.17, 15) is 4.79 Å². The van der Waals surface area contributed by atoms with Crippen LogP contribution in [0.4, 0.5) is 0 Å². The average molecular weight is 332 g/mol. The SMILES string of the molecule is O=C(NCC(c1ccsc1)n1cccn1)c1ccccc1Cl. The average Bonchev–Trinajstić information content (AvgIpc) is 3.21. The highest BCUT2D eigenvalue weighted by atomic mass is 35.5. The summed E-state index contributed by atoms with van der Waals surface area (Å²) >= 11 is 7.68. The summed E-state index contributed by atoms with van der Waals surface area (Å²) in [6, 6.07) is 10.9. The number of aromatic nitrogens is 2. The van der Waals surface area contributed by atoms with Crippen LogP contribution in [0.2, 0.25) is 5.02 Å². The van der Waals surface area contributed by atoms with Crippen LogP contribution in [0.15, 0.2) is 59.6 Å². The lowest BCUT2D eigenvalue weighted by Gasteiger charge is -2.17. The van der Waals surface area contributed by atoms with Gasteiger partial charge in [-0.1, -0.05) is 23.7 Å². The first-order chi connectivity index (χ1) is 10.8. The molecule has 1 amide bonds. The molecule has 0 aliphatic carbocycles. The fourth-order valence-electron chi connectivity index (χ4n) is 2.22. The van der Waals surface area contributed by atoms with E-state index in [-0.39, 0.29) is 11.9 Å². The van der Waals surface area contributed by atoms with E-state index in [1.807, 2.05) is 28.4 Å². The van der Waals surface area contributed by atoms with Crippen LogP contribution in [0.5, 0.6) is 0 Å². The number of benzene rings is 1. The van der Waals surface area contributed by atoms with Crippen molar-refractivity contribution in [2.75, 3.05) is 6.54 Å². The van der Waals surface area contributed by atoms with Gasteiger partial charge in [0.2, 0.25) is 0 Å². The quantitative estimate of drug-likeness (QED) is 0.776. The summed E-state index contributed by atoms with van der Waals surface area (Å²) in [7, 11) is 0. The van der Waals surface area contributed by atoms with Crippen molar-refractivity contribution in [1.82, 2.24) is 15.1 Å². The third kappa shape index (κ3) is 3.21. The van der Waals surface area contributed by atoms with Crippen LogP contribution in [0.1, 0.15) is 22.0 Å². The number of rotatable bonds is 5. The minimum atomic E-state index is -0.182. The van der Waals surface area contributed by atoms with Crippen LogP contribution in [-0.2, 0) is 0 Å². The monoisotopic (exact) mass is 331 g/mol. The highest BCUT2D eigenvalue weighted by molar-refractivity contribution is 7.07. The first-order valence-electron chi connectivity index (χ1n) is 6.79. The number of nitrogens with one attached hydrogen (secondary N) is 1. The van der Waals surface area contributed by atoms with Crippen molar-refractivity contribution >= 4 is 28.8 Å². The molecular formula is C16H14ClN3OS. The minimum absolute atomic E-state index is 0.0345. The first-order valence-corrected chi connectivity index (χ1v) is 8.12. The Morgan fingerprint density at radius 2 is 2.18 bits per heavy atom. The Labute approximate surface area is 137 Å². The minimum Gasteiger partial charge on any atom is -0.349 e. The molecule has 1 unspecified atom stereocenters. The van der Waals surface area contributed by atoms with Gasteiger partial charge >= 0.3 is 0 Å². The molecule has 0 aliphatic rings. The molecule has 112 valence electrons. The normalized spacial score (nSPS) is 12.0. The van der Waals surface area contributed by atoms with Crippen molar-refractivity contribution in [3.8, 4) is 0 Å². The number of carbonyl (C=O) groups excluding carboxylic acids is 1. The summed E-state index contributed by atoms with van der Waals surface area (Å²) in [5.74, 6) is -0.182. The van der Waals surface area contributed by atoms with E-state index in [4.69, 9.17) is 11.6 Å². The van der Waals surface area contributed by atoms with E-state index in [1.165, 1.54) is 0 Å². The molecule has 4 nitrogen and oxygen atoms in total. The van der Waals surface area contributed by atoms with Gasteiger partial charge in [-0.05, 0) is 40.6 Å². The molecule has 2 aromatic heterocycles. The van der Waals surface area contributed by atoms with Crippen LogP contribution in [-0.4, -0.2) is 22.2 Å². The summed E-state index contributed by atoms with van der Waals surface area (Å²) < 4.78 is 1.84. The number of hydrogen-bond donors (Lipinski definition) is 1.